The number of carbonyl (C=O) groups is 1. The SMILES string of the molecule is COc1ccccc1N1CCN(C(=O)CS(=O)(=O)c2ccc(Cl)s2)CC1. The maximum atomic E-state index is 12.4. The minimum Gasteiger partial charge on any atom is -0.495 e. The highest BCUT2D eigenvalue weighted by Crippen LogP contribution is 2.29. The van der Waals surface area contributed by atoms with Crippen molar-refractivity contribution in [3.63, 3.8) is 0 Å². The van der Waals surface area contributed by atoms with E-state index in [9.17, 15) is 13.2 Å². The van der Waals surface area contributed by atoms with Crippen molar-refractivity contribution in [2.24, 2.45) is 0 Å². The number of sulfone groups is 1. The van der Waals surface area contributed by atoms with Gasteiger partial charge < -0.3 is 14.5 Å². The van der Waals surface area contributed by atoms with Crippen LogP contribution in [0.2, 0.25) is 4.34 Å². The summed E-state index contributed by atoms with van der Waals surface area (Å²) in [6.45, 7) is 2.18. The van der Waals surface area contributed by atoms with Crippen molar-refractivity contribution >= 4 is 44.4 Å². The molecule has 1 fully saturated rings. The molecule has 0 N–H and O–H groups in total. The van der Waals surface area contributed by atoms with Gasteiger partial charge in [0.1, 0.15) is 15.7 Å². The maximum absolute atomic E-state index is 12.4. The molecule has 2 heterocycles. The Bertz CT molecular complexity index is 890. The number of nitrogens with zero attached hydrogens (tertiary/aromatic N) is 2. The molecular weight excluding hydrogens is 396 g/mol. The fourth-order valence-corrected chi connectivity index (χ4v) is 5.67. The van der Waals surface area contributed by atoms with Crippen LogP contribution in [0.4, 0.5) is 5.69 Å². The number of amides is 1. The molecule has 26 heavy (non-hydrogen) atoms. The van der Waals surface area contributed by atoms with E-state index in [1.807, 2.05) is 24.3 Å². The fraction of sp³-hybridized carbons (Fsp3) is 0.353. The molecule has 2 aromatic rings. The minimum atomic E-state index is -3.66. The van der Waals surface area contributed by atoms with Gasteiger partial charge in [-0.2, -0.15) is 0 Å². The molecule has 0 saturated carbocycles. The molecule has 0 atom stereocenters. The van der Waals surface area contributed by atoms with Crippen molar-refractivity contribution < 1.29 is 17.9 Å². The zero-order chi connectivity index (χ0) is 18.7. The van der Waals surface area contributed by atoms with Gasteiger partial charge in [0.25, 0.3) is 0 Å². The molecule has 1 amide bonds. The van der Waals surface area contributed by atoms with Crippen LogP contribution in [0, 0.1) is 0 Å². The lowest BCUT2D eigenvalue weighted by Gasteiger charge is -2.36. The van der Waals surface area contributed by atoms with Gasteiger partial charge in [0, 0.05) is 26.2 Å². The van der Waals surface area contributed by atoms with Crippen LogP contribution in [0.3, 0.4) is 0 Å². The molecule has 1 aromatic heterocycles. The maximum Gasteiger partial charge on any atom is 0.238 e. The number of methoxy groups -OCH3 is 1. The van der Waals surface area contributed by atoms with Crippen LogP contribution in [0.25, 0.3) is 0 Å². The summed E-state index contributed by atoms with van der Waals surface area (Å²) < 4.78 is 30.6. The second kappa shape index (κ2) is 7.85. The third-order valence-corrected chi connectivity index (χ3v) is 7.64. The van der Waals surface area contributed by atoms with Crippen LogP contribution >= 0.6 is 22.9 Å². The quantitative estimate of drug-likeness (QED) is 0.752. The van der Waals surface area contributed by atoms with E-state index in [0.29, 0.717) is 30.5 Å². The number of halogens is 1. The lowest BCUT2D eigenvalue weighted by molar-refractivity contribution is -0.128. The molecular formula is C17H19ClN2O4S2. The van der Waals surface area contributed by atoms with Crippen LogP contribution < -0.4 is 9.64 Å². The highest BCUT2D eigenvalue weighted by molar-refractivity contribution is 7.94. The first-order valence-electron chi connectivity index (χ1n) is 8.04. The van der Waals surface area contributed by atoms with Gasteiger partial charge in [-0.25, -0.2) is 8.42 Å². The number of anilines is 1. The molecule has 140 valence electrons. The van der Waals surface area contributed by atoms with Gasteiger partial charge in [-0.15, -0.1) is 11.3 Å². The van der Waals surface area contributed by atoms with Crippen LogP contribution in [-0.4, -0.2) is 58.3 Å². The Morgan fingerprint density at radius 2 is 1.85 bits per heavy atom. The van der Waals surface area contributed by atoms with Crippen LogP contribution in [0.1, 0.15) is 0 Å². The molecule has 1 aliphatic rings. The van der Waals surface area contributed by atoms with E-state index < -0.39 is 15.6 Å². The standard InChI is InChI=1S/C17H19ClN2O4S2/c1-24-14-5-3-2-4-13(14)19-8-10-20(11-9-19)16(21)12-26(22,23)17-7-6-15(18)25-17/h2-7H,8-12H2,1H3. The Balaban J connectivity index is 1.62. The number of benzene rings is 1. The number of thiophene rings is 1. The molecule has 1 aliphatic heterocycles. The van der Waals surface area contributed by atoms with E-state index >= 15 is 0 Å². The summed E-state index contributed by atoms with van der Waals surface area (Å²) in [7, 11) is -2.03. The van der Waals surface area contributed by atoms with Crippen molar-refractivity contribution in [1.82, 2.24) is 4.90 Å². The first kappa shape index (κ1) is 19.0. The van der Waals surface area contributed by atoms with Gasteiger partial charge in [-0.1, -0.05) is 23.7 Å². The van der Waals surface area contributed by atoms with E-state index in [1.54, 1.807) is 12.0 Å². The Morgan fingerprint density at radius 1 is 1.15 bits per heavy atom. The van der Waals surface area contributed by atoms with Crippen LogP contribution in [0.5, 0.6) is 5.75 Å². The third-order valence-electron chi connectivity index (χ3n) is 4.23. The summed E-state index contributed by atoms with van der Waals surface area (Å²) >= 11 is 6.76. The van der Waals surface area contributed by atoms with Gasteiger partial charge >= 0.3 is 0 Å². The molecule has 6 nitrogen and oxygen atoms in total. The van der Waals surface area contributed by atoms with E-state index in [2.05, 4.69) is 4.90 Å². The number of ether oxygens (including phenoxy) is 1. The zero-order valence-electron chi connectivity index (χ0n) is 14.2. The van der Waals surface area contributed by atoms with Crippen molar-refractivity contribution in [2.75, 3.05) is 43.9 Å². The molecule has 1 aromatic carbocycles. The second-order valence-corrected chi connectivity index (χ2v) is 9.79. The fourth-order valence-electron chi connectivity index (χ4n) is 2.88. The van der Waals surface area contributed by atoms with E-state index in [-0.39, 0.29) is 10.1 Å². The number of carbonyl (C=O) groups excluding carboxylic acids is 1. The van der Waals surface area contributed by atoms with Crippen molar-refractivity contribution in [3.05, 3.63) is 40.7 Å². The highest BCUT2D eigenvalue weighted by Gasteiger charge is 2.28. The number of piperazine rings is 1. The Hall–Kier alpha value is -1.77. The Kier molecular flexibility index (Phi) is 5.74. The molecule has 3 rings (SSSR count). The van der Waals surface area contributed by atoms with E-state index in [1.165, 1.54) is 12.1 Å². The first-order valence-corrected chi connectivity index (χ1v) is 10.9. The number of rotatable bonds is 5. The average Bonchev–Trinajstić information content (AvgIpc) is 3.09. The number of hydrogen-bond donors (Lipinski definition) is 0. The summed E-state index contributed by atoms with van der Waals surface area (Å²) in [6, 6.07) is 10.7. The predicted octanol–water partition coefficient (Wildman–Crippen LogP) is 2.53. The predicted molar refractivity (Wildman–Crippen MR) is 103 cm³/mol. The largest absolute Gasteiger partial charge is 0.495 e. The monoisotopic (exact) mass is 414 g/mol. The smallest absolute Gasteiger partial charge is 0.238 e. The van der Waals surface area contributed by atoms with E-state index in [0.717, 1.165) is 22.8 Å². The minimum absolute atomic E-state index is 0.128. The van der Waals surface area contributed by atoms with Gasteiger partial charge in [-0.3, -0.25) is 4.79 Å². The number of hydrogen-bond acceptors (Lipinski definition) is 6. The van der Waals surface area contributed by atoms with Gasteiger partial charge in [-0.05, 0) is 24.3 Å². The average molecular weight is 415 g/mol. The molecule has 0 spiro atoms. The van der Waals surface area contributed by atoms with Gasteiger partial charge in [0.15, 0.2) is 9.84 Å². The van der Waals surface area contributed by atoms with Crippen molar-refractivity contribution in [3.8, 4) is 5.75 Å². The third kappa shape index (κ3) is 4.13. The molecule has 0 bridgehead atoms. The van der Waals surface area contributed by atoms with Gasteiger partial charge in [0.2, 0.25) is 5.91 Å². The van der Waals surface area contributed by atoms with Crippen molar-refractivity contribution in [1.29, 1.82) is 0 Å². The van der Waals surface area contributed by atoms with Gasteiger partial charge in [0.05, 0.1) is 17.1 Å². The molecule has 0 radical (unpaired) electrons. The lowest BCUT2D eigenvalue weighted by atomic mass is 10.2. The molecule has 1 saturated heterocycles. The summed E-state index contributed by atoms with van der Waals surface area (Å²) in [6.07, 6.45) is 0. The summed E-state index contributed by atoms with van der Waals surface area (Å²) in [4.78, 5) is 16.2. The summed E-state index contributed by atoms with van der Waals surface area (Å²) in [5.41, 5.74) is 0.975. The lowest BCUT2D eigenvalue weighted by Crippen LogP contribution is -2.50. The Morgan fingerprint density at radius 3 is 2.46 bits per heavy atom. The van der Waals surface area contributed by atoms with Crippen molar-refractivity contribution in [2.45, 2.75) is 4.21 Å². The second-order valence-electron chi connectivity index (χ2n) is 5.86. The van der Waals surface area contributed by atoms with E-state index in [4.69, 9.17) is 16.3 Å². The van der Waals surface area contributed by atoms with Crippen LogP contribution in [0.15, 0.2) is 40.6 Å². The number of para-hydroxylation sites is 2. The topological polar surface area (TPSA) is 66.9 Å². The Labute approximate surface area is 161 Å². The summed E-state index contributed by atoms with van der Waals surface area (Å²) in [5, 5.41) is 0. The molecule has 0 unspecified atom stereocenters. The molecule has 0 aliphatic carbocycles. The van der Waals surface area contributed by atoms with Crippen LogP contribution in [-0.2, 0) is 14.6 Å². The zero-order valence-corrected chi connectivity index (χ0v) is 16.6. The summed E-state index contributed by atoms with van der Waals surface area (Å²) in [5.74, 6) is -0.128. The highest BCUT2D eigenvalue weighted by atomic mass is 35.5. The molecule has 9 heteroatoms. The first-order chi connectivity index (χ1) is 12.4. The normalized spacial score (nSPS) is 15.2.